The van der Waals surface area contributed by atoms with E-state index in [9.17, 15) is 9.59 Å². The first-order chi connectivity index (χ1) is 20.4. The molecule has 1 aromatic heterocycles. The Morgan fingerprint density at radius 3 is 2.57 bits per heavy atom. The maximum Gasteiger partial charge on any atom is 0.326 e. The molecule has 0 fully saturated rings. The Morgan fingerprint density at radius 1 is 0.952 bits per heavy atom. The van der Waals surface area contributed by atoms with Gasteiger partial charge < -0.3 is 10.6 Å². The number of urea groups is 1. The number of rotatable bonds is 6. The maximum atomic E-state index is 13.6. The van der Waals surface area contributed by atoms with Crippen molar-refractivity contribution in [3.63, 3.8) is 0 Å². The van der Waals surface area contributed by atoms with E-state index in [-0.39, 0.29) is 28.5 Å². The summed E-state index contributed by atoms with van der Waals surface area (Å²) in [5, 5.41) is 6.46. The summed E-state index contributed by atoms with van der Waals surface area (Å²) < 4.78 is 0. The van der Waals surface area contributed by atoms with E-state index in [1.165, 1.54) is 28.7 Å². The van der Waals surface area contributed by atoms with Gasteiger partial charge in [-0.3, -0.25) is 9.69 Å². The van der Waals surface area contributed by atoms with Gasteiger partial charge in [-0.1, -0.05) is 72.3 Å². The van der Waals surface area contributed by atoms with Gasteiger partial charge in [-0.2, -0.15) is 0 Å². The second-order valence-electron chi connectivity index (χ2n) is 10.2. The molecule has 2 N–H and O–H groups in total. The summed E-state index contributed by atoms with van der Waals surface area (Å²) in [5.74, 6) is -0.121. The molecular formula is C33H30N4O2S3. The Morgan fingerprint density at radius 2 is 1.74 bits per heavy atom. The van der Waals surface area contributed by atoms with Gasteiger partial charge in [0.05, 0.1) is 27.9 Å². The molecule has 6 rings (SSSR count). The Bertz CT molecular complexity index is 1700. The molecule has 0 saturated heterocycles. The number of thiazole rings is 1. The molecule has 212 valence electrons. The molecular weight excluding hydrogens is 581 g/mol. The van der Waals surface area contributed by atoms with Gasteiger partial charge in [-0.05, 0) is 51.1 Å². The third-order valence-corrected chi connectivity index (χ3v) is 10.4. The number of amides is 3. The van der Waals surface area contributed by atoms with Gasteiger partial charge in [0.15, 0.2) is 5.13 Å². The number of allylic oxidation sites excluding steroid dienone is 2. The number of nitrogens with one attached hydrogen (secondary N) is 2. The number of anilines is 3. The summed E-state index contributed by atoms with van der Waals surface area (Å²) in [7, 11) is 0. The van der Waals surface area contributed by atoms with Crippen molar-refractivity contribution in [2.24, 2.45) is 0 Å². The van der Waals surface area contributed by atoms with Crippen molar-refractivity contribution in [3.8, 4) is 11.3 Å². The van der Waals surface area contributed by atoms with Gasteiger partial charge in [0.2, 0.25) is 5.91 Å². The number of carbonyl (C=O) groups excluding carboxylic acids is 2. The Hall–Kier alpha value is -3.79. The number of benzene rings is 3. The van der Waals surface area contributed by atoms with Crippen molar-refractivity contribution in [2.75, 3.05) is 15.5 Å². The predicted octanol–water partition coefficient (Wildman–Crippen LogP) is 8.55. The Labute approximate surface area is 258 Å². The summed E-state index contributed by atoms with van der Waals surface area (Å²) in [6.07, 6.45) is 8.25. The first-order valence-electron chi connectivity index (χ1n) is 13.7. The highest BCUT2D eigenvalue weighted by Gasteiger charge is 2.36. The van der Waals surface area contributed by atoms with Crippen LogP contribution in [0.4, 0.5) is 21.3 Å². The molecule has 2 aliphatic rings. The maximum absolute atomic E-state index is 13.6. The van der Waals surface area contributed by atoms with E-state index in [0.29, 0.717) is 10.8 Å². The van der Waals surface area contributed by atoms with E-state index < -0.39 is 0 Å². The van der Waals surface area contributed by atoms with Gasteiger partial charge in [-0.15, -0.1) is 34.9 Å². The summed E-state index contributed by atoms with van der Waals surface area (Å²) >= 11 is 4.69. The van der Waals surface area contributed by atoms with Crippen molar-refractivity contribution in [2.45, 2.75) is 47.1 Å². The van der Waals surface area contributed by atoms with Crippen LogP contribution >= 0.6 is 34.9 Å². The molecule has 0 radical (unpaired) electrons. The smallest absolute Gasteiger partial charge is 0.307 e. The van der Waals surface area contributed by atoms with E-state index in [1.54, 1.807) is 11.8 Å². The summed E-state index contributed by atoms with van der Waals surface area (Å²) in [6.45, 7) is 5.95. The molecule has 2 heterocycles. The van der Waals surface area contributed by atoms with Gasteiger partial charge in [0.25, 0.3) is 0 Å². The number of nitrogens with zero attached hydrogens (tertiary/aromatic N) is 2. The van der Waals surface area contributed by atoms with Gasteiger partial charge in [-0.25, -0.2) is 9.78 Å². The van der Waals surface area contributed by atoms with E-state index in [4.69, 9.17) is 0 Å². The van der Waals surface area contributed by atoms with Crippen LogP contribution in [0.5, 0.6) is 0 Å². The molecule has 0 spiro atoms. The molecule has 9 heteroatoms. The molecule has 0 bridgehead atoms. The first kappa shape index (κ1) is 28.3. The van der Waals surface area contributed by atoms with Crippen molar-refractivity contribution in [1.82, 2.24) is 4.98 Å². The second kappa shape index (κ2) is 12.2. The average Bonchev–Trinajstić information content (AvgIpc) is 3.35. The molecule has 6 nitrogen and oxygen atoms in total. The number of hydrogen-bond acceptors (Lipinski definition) is 6. The minimum Gasteiger partial charge on any atom is -0.307 e. The molecule has 1 aliphatic carbocycles. The van der Waals surface area contributed by atoms with Crippen LogP contribution in [0.2, 0.25) is 0 Å². The van der Waals surface area contributed by atoms with Crippen LogP contribution < -0.4 is 15.5 Å². The fourth-order valence-corrected chi connectivity index (χ4v) is 7.97. The summed E-state index contributed by atoms with van der Waals surface area (Å²) in [5.41, 5.74) is 4.70. The number of carbonyl (C=O) groups is 2. The number of para-hydroxylation sites is 1. The van der Waals surface area contributed by atoms with Gasteiger partial charge in [0, 0.05) is 25.9 Å². The van der Waals surface area contributed by atoms with E-state index in [2.05, 4.69) is 65.0 Å². The third-order valence-electron chi connectivity index (χ3n) is 7.08. The molecule has 3 amide bonds. The van der Waals surface area contributed by atoms with Gasteiger partial charge in [0.1, 0.15) is 0 Å². The van der Waals surface area contributed by atoms with E-state index >= 15 is 0 Å². The van der Waals surface area contributed by atoms with Crippen LogP contribution in [-0.4, -0.2) is 33.5 Å². The summed E-state index contributed by atoms with van der Waals surface area (Å²) in [4.78, 5) is 36.3. The van der Waals surface area contributed by atoms with Crippen LogP contribution in [0.25, 0.3) is 11.3 Å². The standard InChI is InChI=1S/C33H30N4O2S3/c1-20-15-17-23(18-16-20)30-21(2)41-32(35-30)36-31(38)22(3)40-25-10-8-9-24(19-25)34-33(39)37-26-11-4-6-13-28(26)42-29-14-7-5-12-27(29)37/h4-19,22,26,28H,1-3H3,(H,34,39)(H,35,36,38). The quantitative estimate of drug-likeness (QED) is 0.214. The van der Waals surface area contributed by atoms with Crippen molar-refractivity contribution in [3.05, 3.63) is 108 Å². The molecule has 4 aromatic rings. The topological polar surface area (TPSA) is 74.3 Å². The average molecular weight is 611 g/mol. The van der Waals surface area contributed by atoms with Crippen LogP contribution in [-0.2, 0) is 4.79 Å². The fraction of sp³-hybridized carbons (Fsp3) is 0.182. The summed E-state index contributed by atoms with van der Waals surface area (Å²) in [6, 6.07) is 23.6. The zero-order chi connectivity index (χ0) is 29.2. The van der Waals surface area contributed by atoms with Crippen LogP contribution in [0.3, 0.4) is 0 Å². The predicted molar refractivity (Wildman–Crippen MR) is 177 cm³/mol. The van der Waals surface area contributed by atoms with Crippen LogP contribution in [0.15, 0.2) is 107 Å². The van der Waals surface area contributed by atoms with Crippen molar-refractivity contribution < 1.29 is 9.59 Å². The number of aromatic nitrogens is 1. The first-order valence-corrected chi connectivity index (χ1v) is 16.3. The highest BCUT2D eigenvalue weighted by atomic mass is 32.2. The number of thioether (sulfide) groups is 2. The minimum atomic E-state index is -0.367. The van der Waals surface area contributed by atoms with E-state index in [0.717, 1.165) is 31.6 Å². The Balaban J connectivity index is 1.12. The van der Waals surface area contributed by atoms with Crippen molar-refractivity contribution >= 4 is 63.3 Å². The SMILES string of the molecule is Cc1ccc(-c2nc(NC(=O)C(C)Sc3cccc(NC(=O)N4c5ccccc5SC5C=CC=CC54)c3)sc2C)cc1. The lowest BCUT2D eigenvalue weighted by molar-refractivity contribution is -0.115. The minimum absolute atomic E-state index is 0.0720. The highest BCUT2D eigenvalue weighted by molar-refractivity contribution is 8.00. The zero-order valence-corrected chi connectivity index (χ0v) is 25.9. The lowest BCUT2D eigenvalue weighted by atomic mass is 10.1. The molecule has 0 saturated carbocycles. The fourth-order valence-electron chi connectivity index (χ4n) is 4.95. The number of aryl methyl sites for hydroxylation is 2. The molecule has 3 aromatic carbocycles. The normalized spacial score (nSPS) is 17.7. The number of fused-ring (bicyclic) bond motifs is 2. The van der Waals surface area contributed by atoms with Gasteiger partial charge >= 0.3 is 6.03 Å². The molecule has 42 heavy (non-hydrogen) atoms. The number of hydrogen-bond donors (Lipinski definition) is 2. The lowest BCUT2D eigenvalue weighted by Crippen LogP contribution is -2.49. The highest BCUT2D eigenvalue weighted by Crippen LogP contribution is 2.43. The van der Waals surface area contributed by atoms with E-state index in [1.807, 2.05) is 73.4 Å². The zero-order valence-electron chi connectivity index (χ0n) is 23.4. The molecule has 3 atom stereocenters. The van der Waals surface area contributed by atoms with Crippen LogP contribution in [0, 0.1) is 13.8 Å². The van der Waals surface area contributed by atoms with Crippen LogP contribution in [0.1, 0.15) is 17.4 Å². The third kappa shape index (κ3) is 6.04. The molecule has 1 aliphatic heterocycles. The largest absolute Gasteiger partial charge is 0.326 e. The second-order valence-corrected chi connectivity index (χ2v) is 14.0. The Kier molecular flexibility index (Phi) is 8.24. The monoisotopic (exact) mass is 610 g/mol. The van der Waals surface area contributed by atoms with Crippen molar-refractivity contribution in [1.29, 1.82) is 0 Å². The lowest BCUT2D eigenvalue weighted by Gasteiger charge is -2.40. The molecule has 3 unspecified atom stereocenters.